The van der Waals surface area contributed by atoms with Gasteiger partial charge >= 0.3 is 6.09 Å². The maximum Gasteiger partial charge on any atom is 0.407 e. The zero-order valence-electron chi connectivity index (χ0n) is 14.6. The quantitative estimate of drug-likeness (QED) is 0.850. The van der Waals surface area contributed by atoms with Crippen LogP contribution in [-0.2, 0) is 9.53 Å². The molecule has 3 aliphatic rings. The smallest absolute Gasteiger partial charge is 0.407 e. The lowest BCUT2D eigenvalue weighted by Crippen LogP contribution is -2.52. The minimum absolute atomic E-state index is 0.0149. The van der Waals surface area contributed by atoms with E-state index in [9.17, 15) is 9.59 Å². The molecule has 5 heteroatoms. The van der Waals surface area contributed by atoms with Gasteiger partial charge in [-0.25, -0.2) is 4.79 Å². The Balaban J connectivity index is 1.52. The van der Waals surface area contributed by atoms with Crippen LogP contribution in [-0.4, -0.2) is 41.6 Å². The van der Waals surface area contributed by atoms with Crippen LogP contribution in [0.4, 0.5) is 4.79 Å². The highest BCUT2D eigenvalue weighted by Crippen LogP contribution is 2.49. The molecule has 0 spiro atoms. The van der Waals surface area contributed by atoms with Crippen LogP contribution in [0.15, 0.2) is 0 Å². The molecular weight excluding hydrogens is 292 g/mol. The number of nitrogens with zero attached hydrogens (tertiary/aromatic N) is 1. The summed E-state index contributed by atoms with van der Waals surface area (Å²) in [5.74, 6) is 1.98. The first kappa shape index (κ1) is 16.6. The van der Waals surface area contributed by atoms with Crippen LogP contribution >= 0.6 is 0 Å². The second-order valence-electron chi connectivity index (χ2n) is 8.55. The molecule has 1 saturated heterocycles. The number of ether oxygens (including phenoxy) is 1. The lowest BCUT2D eigenvalue weighted by molar-refractivity contribution is -0.138. The predicted molar refractivity (Wildman–Crippen MR) is 87.9 cm³/mol. The molecule has 0 radical (unpaired) electrons. The molecule has 2 aliphatic carbocycles. The summed E-state index contributed by atoms with van der Waals surface area (Å²) in [7, 11) is 0. The van der Waals surface area contributed by atoms with E-state index in [-0.39, 0.29) is 18.1 Å². The SMILES string of the molecule is CC(C)(C)OC(=O)N[C@H]1CCCN(C(=O)[C@H]2C[C@H]3CC[C@H]2C3)C1. The molecule has 1 N–H and O–H groups in total. The van der Waals surface area contributed by atoms with E-state index in [0.717, 1.165) is 31.7 Å². The van der Waals surface area contributed by atoms with Crippen molar-refractivity contribution < 1.29 is 14.3 Å². The Kier molecular flexibility index (Phi) is 4.56. The molecule has 3 fully saturated rings. The number of carbonyl (C=O) groups excluding carboxylic acids is 2. The highest BCUT2D eigenvalue weighted by Gasteiger charge is 2.44. The summed E-state index contributed by atoms with van der Waals surface area (Å²) in [4.78, 5) is 26.7. The van der Waals surface area contributed by atoms with E-state index in [1.807, 2.05) is 25.7 Å². The van der Waals surface area contributed by atoms with Gasteiger partial charge in [0.2, 0.25) is 5.91 Å². The monoisotopic (exact) mass is 322 g/mol. The van der Waals surface area contributed by atoms with Crippen molar-refractivity contribution in [3.63, 3.8) is 0 Å². The van der Waals surface area contributed by atoms with E-state index in [2.05, 4.69) is 5.32 Å². The zero-order chi connectivity index (χ0) is 16.6. The van der Waals surface area contributed by atoms with Crippen molar-refractivity contribution in [1.82, 2.24) is 10.2 Å². The fourth-order valence-corrected chi connectivity index (χ4v) is 4.55. The number of amides is 2. The highest BCUT2D eigenvalue weighted by molar-refractivity contribution is 5.80. The molecule has 2 bridgehead atoms. The number of carbonyl (C=O) groups is 2. The van der Waals surface area contributed by atoms with Gasteiger partial charge in [-0.3, -0.25) is 4.79 Å². The topological polar surface area (TPSA) is 58.6 Å². The Labute approximate surface area is 139 Å². The summed E-state index contributed by atoms with van der Waals surface area (Å²) in [5.41, 5.74) is -0.489. The number of hydrogen-bond donors (Lipinski definition) is 1. The fourth-order valence-electron chi connectivity index (χ4n) is 4.55. The Hall–Kier alpha value is -1.26. The number of hydrogen-bond acceptors (Lipinski definition) is 3. The van der Waals surface area contributed by atoms with Crippen LogP contribution in [0.2, 0.25) is 0 Å². The zero-order valence-corrected chi connectivity index (χ0v) is 14.6. The number of fused-ring (bicyclic) bond motifs is 2. The molecule has 1 heterocycles. The third-order valence-electron chi connectivity index (χ3n) is 5.51. The lowest BCUT2D eigenvalue weighted by Gasteiger charge is -2.36. The molecule has 0 aromatic heterocycles. The number of likely N-dealkylation sites (tertiary alicyclic amines) is 1. The van der Waals surface area contributed by atoms with Crippen molar-refractivity contribution >= 4 is 12.0 Å². The van der Waals surface area contributed by atoms with Gasteiger partial charge in [0.1, 0.15) is 5.60 Å². The average molecular weight is 322 g/mol. The van der Waals surface area contributed by atoms with Crippen molar-refractivity contribution in [1.29, 1.82) is 0 Å². The Morgan fingerprint density at radius 3 is 2.52 bits per heavy atom. The summed E-state index contributed by atoms with van der Waals surface area (Å²) < 4.78 is 5.32. The van der Waals surface area contributed by atoms with E-state index in [0.29, 0.717) is 18.4 Å². The van der Waals surface area contributed by atoms with Crippen LogP contribution in [0.1, 0.15) is 59.3 Å². The minimum Gasteiger partial charge on any atom is -0.444 e. The largest absolute Gasteiger partial charge is 0.444 e. The fraction of sp³-hybridized carbons (Fsp3) is 0.889. The van der Waals surface area contributed by atoms with Gasteiger partial charge in [-0.2, -0.15) is 0 Å². The van der Waals surface area contributed by atoms with Crippen LogP contribution in [0.25, 0.3) is 0 Å². The number of piperidine rings is 1. The van der Waals surface area contributed by atoms with Gasteiger partial charge in [0.15, 0.2) is 0 Å². The van der Waals surface area contributed by atoms with Crippen molar-refractivity contribution in [3.8, 4) is 0 Å². The highest BCUT2D eigenvalue weighted by atomic mass is 16.6. The Bertz CT molecular complexity index is 471. The van der Waals surface area contributed by atoms with Gasteiger partial charge in [-0.1, -0.05) is 6.42 Å². The maximum atomic E-state index is 12.8. The Morgan fingerprint density at radius 1 is 1.13 bits per heavy atom. The third kappa shape index (κ3) is 3.99. The van der Waals surface area contributed by atoms with Crippen molar-refractivity contribution in [2.45, 2.75) is 70.9 Å². The number of alkyl carbamates (subject to hydrolysis) is 1. The molecule has 1 aliphatic heterocycles. The predicted octanol–water partition coefficient (Wildman–Crippen LogP) is 2.94. The number of rotatable bonds is 2. The van der Waals surface area contributed by atoms with Gasteiger partial charge in [0.05, 0.1) is 0 Å². The first-order valence-electron chi connectivity index (χ1n) is 9.10. The molecule has 3 rings (SSSR count). The summed E-state index contributed by atoms with van der Waals surface area (Å²) in [6.07, 6.45) is 6.38. The van der Waals surface area contributed by atoms with E-state index < -0.39 is 5.60 Å². The van der Waals surface area contributed by atoms with Crippen LogP contribution in [0, 0.1) is 17.8 Å². The first-order valence-corrected chi connectivity index (χ1v) is 9.10. The van der Waals surface area contributed by atoms with Crippen molar-refractivity contribution in [2.75, 3.05) is 13.1 Å². The van der Waals surface area contributed by atoms with Crippen LogP contribution < -0.4 is 5.32 Å². The van der Waals surface area contributed by atoms with E-state index >= 15 is 0 Å². The van der Waals surface area contributed by atoms with Crippen molar-refractivity contribution in [3.05, 3.63) is 0 Å². The number of nitrogens with one attached hydrogen (secondary N) is 1. The summed E-state index contributed by atoms with van der Waals surface area (Å²) in [6, 6.07) is 0.0149. The molecule has 130 valence electrons. The van der Waals surface area contributed by atoms with Crippen LogP contribution in [0.5, 0.6) is 0 Å². The molecule has 2 saturated carbocycles. The first-order chi connectivity index (χ1) is 10.8. The molecule has 23 heavy (non-hydrogen) atoms. The molecular formula is C18H30N2O3. The third-order valence-corrected chi connectivity index (χ3v) is 5.51. The second-order valence-corrected chi connectivity index (χ2v) is 8.55. The summed E-state index contributed by atoms with van der Waals surface area (Å²) in [6.45, 7) is 7.04. The molecule has 4 atom stereocenters. The normalized spacial score (nSPS) is 33.6. The summed E-state index contributed by atoms with van der Waals surface area (Å²) in [5, 5.41) is 2.93. The average Bonchev–Trinajstić information content (AvgIpc) is 3.07. The molecule has 2 amide bonds. The van der Waals surface area contributed by atoms with Crippen LogP contribution in [0.3, 0.4) is 0 Å². The van der Waals surface area contributed by atoms with Gasteiger partial charge in [-0.15, -0.1) is 0 Å². The van der Waals surface area contributed by atoms with Gasteiger partial charge in [0, 0.05) is 25.0 Å². The maximum absolute atomic E-state index is 12.8. The molecule has 0 aromatic rings. The Morgan fingerprint density at radius 2 is 1.91 bits per heavy atom. The van der Waals surface area contributed by atoms with Gasteiger partial charge in [0.25, 0.3) is 0 Å². The van der Waals surface area contributed by atoms with E-state index in [4.69, 9.17) is 4.74 Å². The molecule has 5 nitrogen and oxygen atoms in total. The minimum atomic E-state index is -0.489. The molecule has 0 aromatic carbocycles. The molecule has 0 unspecified atom stereocenters. The second kappa shape index (κ2) is 6.33. The standard InChI is InChI=1S/C18H30N2O3/c1-18(2,3)23-17(22)19-14-5-4-8-20(11-14)16(21)15-10-12-6-7-13(15)9-12/h12-15H,4-11H2,1-3H3,(H,19,22)/t12-,13-,14-,15-/m0/s1. The van der Waals surface area contributed by atoms with E-state index in [1.165, 1.54) is 19.3 Å². The van der Waals surface area contributed by atoms with Gasteiger partial charge < -0.3 is 15.0 Å². The summed E-state index contributed by atoms with van der Waals surface area (Å²) >= 11 is 0. The van der Waals surface area contributed by atoms with Gasteiger partial charge in [-0.05, 0) is 64.7 Å². The lowest BCUT2D eigenvalue weighted by atomic mass is 9.87. The van der Waals surface area contributed by atoms with Crippen molar-refractivity contribution in [2.24, 2.45) is 17.8 Å². The van der Waals surface area contributed by atoms with E-state index in [1.54, 1.807) is 0 Å².